The van der Waals surface area contributed by atoms with Gasteiger partial charge in [0.1, 0.15) is 10.4 Å². The number of aromatic nitrogens is 4. The monoisotopic (exact) mass is 607 g/mol. The molecule has 2 aliphatic rings. The molecule has 1 N–H and O–H groups in total. The molecule has 0 spiro atoms. The van der Waals surface area contributed by atoms with Crippen LogP contribution in [-0.2, 0) is 19.8 Å². The van der Waals surface area contributed by atoms with Gasteiger partial charge in [-0.05, 0) is 45.6 Å². The predicted octanol–water partition coefficient (Wildman–Crippen LogP) is 4.36. The lowest BCUT2D eigenvalue weighted by Crippen LogP contribution is -2.47. The van der Waals surface area contributed by atoms with Crippen LogP contribution in [0.5, 0.6) is 0 Å². The second-order valence-electron chi connectivity index (χ2n) is 10.3. The highest BCUT2D eigenvalue weighted by Gasteiger charge is 2.42. The van der Waals surface area contributed by atoms with Gasteiger partial charge < -0.3 is 4.90 Å². The third-order valence-electron chi connectivity index (χ3n) is 7.58. The Morgan fingerprint density at radius 3 is 2.37 bits per heavy atom. The third kappa shape index (κ3) is 4.80. The number of fused-ring (bicyclic) bond motifs is 1. The fourth-order valence-electron chi connectivity index (χ4n) is 4.57. The molecule has 16 heteroatoms. The first-order valence-electron chi connectivity index (χ1n) is 11.9. The van der Waals surface area contributed by atoms with Crippen LogP contribution in [-0.4, -0.2) is 68.9 Å². The second-order valence-corrected chi connectivity index (χ2v) is 16.3. The van der Waals surface area contributed by atoms with Gasteiger partial charge in [0.15, 0.2) is 21.0 Å². The summed E-state index contributed by atoms with van der Waals surface area (Å²) in [6.07, 6.45) is 2.82. The Morgan fingerprint density at radius 1 is 1.16 bits per heavy atom. The van der Waals surface area contributed by atoms with Crippen molar-refractivity contribution >= 4 is 53.9 Å². The van der Waals surface area contributed by atoms with Crippen LogP contribution < -0.4 is 9.62 Å². The quantitative estimate of drug-likeness (QED) is 0.423. The summed E-state index contributed by atoms with van der Waals surface area (Å²) in [5, 5.41) is 7.09. The van der Waals surface area contributed by atoms with Crippen molar-refractivity contribution in [3.8, 4) is 10.8 Å². The average Bonchev–Trinajstić information content (AvgIpc) is 3.24. The normalized spacial score (nSPS) is 20.6. The molecule has 1 unspecified atom stereocenters. The largest absolute Gasteiger partial charge is 0.370 e. The maximum absolute atomic E-state index is 13.4. The Bertz CT molecular complexity index is 1630. The Hall–Kier alpha value is -1.94. The Balaban J connectivity index is 1.64. The summed E-state index contributed by atoms with van der Waals surface area (Å²) in [7, 11) is -4.81. The number of sulfonamides is 1. The van der Waals surface area contributed by atoms with E-state index in [9.17, 15) is 21.4 Å². The van der Waals surface area contributed by atoms with E-state index in [1.807, 2.05) is 18.7 Å². The highest BCUT2D eigenvalue weighted by Crippen LogP contribution is 2.41. The number of pyridine rings is 1. The van der Waals surface area contributed by atoms with Gasteiger partial charge in [-0.15, -0.1) is 10.2 Å². The van der Waals surface area contributed by atoms with Crippen molar-refractivity contribution in [2.24, 2.45) is 4.36 Å². The van der Waals surface area contributed by atoms with Crippen LogP contribution in [0.4, 0.5) is 14.5 Å². The minimum atomic E-state index is -3.94. The second kappa shape index (κ2) is 9.32. The number of hydrogen-bond acceptors (Lipinski definition) is 9. The van der Waals surface area contributed by atoms with Gasteiger partial charge in [-0.25, -0.2) is 35.5 Å². The molecule has 1 aliphatic heterocycles. The first-order chi connectivity index (χ1) is 17.7. The topological polar surface area (TPSA) is 122 Å². The molecule has 2 fully saturated rings. The van der Waals surface area contributed by atoms with Crippen LogP contribution in [0.2, 0.25) is 5.15 Å². The van der Waals surface area contributed by atoms with Crippen LogP contribution >= 0.6 is 22.9 Å². The number of imidazole rings is 1. The number of alkyl halides is 2. The molecular weight excluding hydrogens is 580 g/mol. The van der Waals surface area contributed by atoms with Crippen LogP contribution in [0.25, 0.3) is 16.3 Å². The average molecular weight is 608 g/mol. The van der Waals surface area contributed by atoms with E-state index >= 15 is 0 Å². The fourth-order valence-corrected chi connectivity index (χ4v) is 8.39. The van der Waals surface area contributed by atoms with Crippen molar-refractivity contribution in [2.45, 2.75) is 61.1 Å². The van der Waals surface area contributed by atoms with E-state index < -0.39 is 41.5 Å². The minimum absolute atomic E-state index is 0.0155. The molecule has 3 aromatic heterocycles. The van der Waals surface area contributed by atoms with Crippen LogP contribution in [0.1, 0.15) is 51.0 Å². The molecule has 5 rings (SSSR count). The van der Waals surface area contributed by atoms with Crippen molar-refractivity contribution in [1.29, 1.82) is 0 Å². The van der Waals surface area contributed by atoms with Crippen LogP contribution in [0.15, 0.2) is 21.5 Å². The SMILES string of the molecule is CN=S(C)(=O)C1(C)CCN(c2cc(S(=O)(=O)NC3(C)CC3)cn3c(-c4nnc(C(F)F)s4)nc(Cl)c23)CC1. The fraction of sp³-hybridized carbons (Fsp3) is 0.591. The van der Waals surface area contributed by atoms with Crippen molar-refractivity contribution in [3.63, 3.8) is 0 Å². The molecule has 0 aromatic carbocycles. The van der Waals surface area contributed by atoms with E-state index in [1.165, 1.54) is 10.6 Å². The van der Waals surface area contributed by atoms with E-state index in [4.69, 9.17) is 11.6 Å². The zero-order valence-electron chi connectivity index (χ0n) is 21.2. The first kappa shape index (κ1) is 27.6. The third-order valence-corrected chi connectivity index (χ3v) is 13.3. The van der Waals surface area contributed by atoms with Crippen molar-refractivity contribution in [3.05, 3.63) is 22.4 Å². The lowest BCUT2D eigenvalue weighted by molar-refractivity contribution is 0.150. The van der Waals surface area contributed by atoms with Crippen molar-refractivity contribution < 1.29 is 21.4 Å². The summed E-state index contributed by atoms with van der Waals surface area (Å²) in [6, 6.07) is 1.56. The van der Waals surface area contributed by atoms with Crippen LogP contribution in [0, 0.1) is 0 Å². The van der Waals surface area contributed by atoms with E-state index in [0.29, 0.717) is 48.5 Å². The van der Waals surface area contributed by atoms with E-state index in [1.54, 1.807) is 19.4 Å². The number of nitrogens with one attached hydrogen (secondary N) is 1. The number of anilines is 1. The number of rotatable bonds is 7. The van der Waals surface area contributed by atoms with Gasteiger partial charge in [-0.2, -0.15) is 0 Å². The maximum atomic E-state index is 13.4. The van der Waals surface area contributed by atoms with E-state index in [2.05, 4.69) is 24.3 Å². The molecule has 0 radical (unpaired) electrons. The Kier molecular flexibility index (Phi) is 6.77. The van der Waals surface area contributed by atoms with Crippen molar-refractivity contribution in [2.75, 3.05) is 31.3 Å². The maximum Gasteiger partial charge on any atom is 0.291 e. The molecule has 3 aromatic rings. The number of nitrogens with zero attached hydrogens (tertiary/aromatic N) is 6. The van der Waals surface area contributed by atoms with Gasteiger partial charge >= 0.3 is 0 Å². The van der Waals surface area contributed by atoms with Gasteiger partial charge in [0, 0.05) is 47.9 Å². The summed E-state index contributed by atoms with van der Waals surface area (Å²) >= 11 is 7.25. The highest BCUT2D eigenvalue weighted by atomic mass is 35.5. The summed E-state index contributed by atoms with van der Waals surface area (Å²) in [5.74, 6) is 0.119. The molecule has 38 heavy (non-hydrogen) atoms. The molecule has 1 saturated heterocycles. The molecule has 10 nitrogen and oxygen atoms in total. The zero-order chi connectivity index (χ0) is 27.7. The molecule has 1 atom stereocenters. The van der Waals surface area contributed by atoms with Gasteiger partial charge in [0.25, 0.3) is 6.43 Å². The summed E-state index contributed by atoms with van der Waals surface area (Å²) < 4.78 is 74.2. The molecule has 1 saturated carbocycles. The lowest BCUT2D eigenvalue weighted by atomic mass is 9.97. The molecule has 208 valence electrons. The number of hydrogen-bond donors (Lipinski definition) is 1. The summed E-state index contributed by atoms with van der Waals surface area (Å²) in [4.78, 5) is 6.34. The standard InChI is InChI=1S/C22H28ClF2N7O3S3/c1-21(5-6-21)30-38(34,35)13-11-14(31-9-7-22(2,8-10-31)37(4,33)26-3)15-16(23)27-18(32(15)12-13)20-29-28-19(36-20)17(24)25/h11-12,17,30H,5-10H2,1-4H3. The molecule has 1 aliphatic carbocycles. The van der Waals surface area contributed by atoms with E-state index in [-0.39, 0.29) is 20.9 Å². The first-order valence-corrected chi connectivity index (χ1v) is 16.5. The van der Waals surface area contributed by atoms with Gasteiger partial charge in [-0.1, -0.05) is 22.9 Å². The smallest absolute Gasteiger partial charge is 0.291 e. The van der Waals surface area contributed by atoms with Crippen LogP contribution in [0.3, 0.4) is 0 Å². The summed E-state index contributed by atoms with van der Waals surface area (Å²) in [5.41, 5.74) is 0.439. The van der Waals surface area contributed by atoms with Crippen molar-refractivity contribution in [1.82, 2.24) is 24.3 Å². The predicted molar refractivity (Wildman–Crippen MR) is 144 cm³/mol. The Morgan fingerprint density at radius 2 is 1.82 bits per heavy atom. The summed E-state index contributed by atoms with van der Waals surface area (Å²) in [6.45, 7) is 4.75. The highest BCUT2D eigenvalue weighted by molar-refractivity contribution is 7.94. The van der Waals surface area contributed by atoms with Gasteiger partial charge in [-0.3, -0.25) is 4.40 Å². The number of halogens is 3. The van der Waals surface area contributed by atoms with E-state index in [0.717, 1.165) is 12.8 Å². The zero-order valence-corrected chi connectivity index (χ0v) is 24.4. The molecule has 4 heterocycles. The lowest BCUT2D eigenvalue weighted by Gasteiger charge is -2.41. The Labute approximate surface area is 229 Å². The minimum Gasteiger partial charge on any atom is -0.370 e. The molecule has 0 bridgehead atoms. The molecular formula is C22H28ClF2N7O3S3. The molecule has 0 amide bonds. The van der Waals surface area contributed by atoms with Gasteiger partial charge in [0.05, 0.1) is 10.4 Å². The number of piperidine rings is 1. The van der Waals surface area contributed by atoms with Gasteiger partial charge in [0.2, 0.25) is 10.0 Å².